The molecule has 0 spiro atoms. The predicted molar refractivity (Wildman–Crippen MR) is 164 cm³/mol. The fourth-order valence-electron chi connectivity index (χ4n) is 4.61. The van der Waals surface area contributed by atoms with E-state index in [-0.39, 0.29) is 24.0 Å². The summed E-state index contributed by atoms with van der Waals surface area (Å²) in [7, 11) is 0. The van der Waals surface area contributed by atoms with Gasteiger partial charge in [0, 0.05) is 35.7 Å². The normalized spacial score (nSPS) is 11.5. The van der Waals surface area contributed by atoms with Crippen LogP contribution >= 0.6 is 0 Å². The Hall–Kier alpha value is -4.91. The highest BCUT2D eigenvalue weighted by molar-refractivity contribution is 6.12. The Morgan fingerprint density at radius 1 is 0.786 bits per heavy atom. The number of anilines is 1. The summed E-state index contributed by atoms with van der Waals surface area (Å²) < 4.78 is 5.93. The minimum absolute atomic E-state index is 0.0667. The van der Waals surface area contributed by atoms with Crippen LogP contribution in [-0.2, 0) is 22.6 Å². The van der Waals surface area contributed by atoms with Crippen LogP contribution in [-0.4, -0.2) is 46.9 Å². The molecule has 1 atom stereocenters. The molecule has 7 nitrogen and oxygen atoms in total. The molecular formula is C35H36N2O5. The molecule has 4 rings (SSSR count). The smallest absolute Gasteiger partial charge is 0.326 e. The lowest BCUT2D eigenvalue weighted by atomic mass is 10.00. The molecule has 4 aromatic rings. The van der Waals surface area contributed by atoms with Gasteiger partial charge >= 0.3 is 5.97 Å². The number of rotatable bonds is 14. The molecule has 0 heterocycles. The highest BCUT2D eigenvalue weighted by atomic mass is 16.5. The number of carboxylic acid groups (broad SMARTS) is 1. The van der Waals surface area contributed by atoms with Gasteiger partial charge < -0.3 is 20.1 Å². The standard InChI is InChI=1S/C35H36N2O5/c1-25(2)34(39)37(24-27-11-5-3-6-12-27)21-22-42-29-19-17-26(18-20-29)23-32(35(40)41)36-31-16-10-9-15-30(31)33(38)28-13-7-4-8-14-28/h3-20,25,32,36H,21-24H2,1-2H3,(H,40,41)/t32-/m0/s1. The van der Waals surface area contributed by atoms with E-state index in [2.05, 4.69) is 5.32 Å². The average Bonchev–Trinajstić information content (AvgIpc) is 3.01. The summed E-state index contributed by atoms with van der Waals surface area (Å²) in [5, 5.41) is 13.0. The van der Waals surface area contributed by atoms with Crippen molar-refractivity contribution in [1.29, 1.82) is 0 Å². The van der Waals surface area contributed by atoms with Gasteiger partial charge in [-0.3, -0.25) is 9.59 Å². The molecule has 42 heavy (non-hydrogen) atoms. The van der Waals surface area contributed by atoms with Crippen LogP contribution in [0.15, 0.2) is 109 Å². The van der Waals surface area contributed by atoms with E-state index in [4.69, 9.17) is 4.74 Å². The summed E-state index contributed by atoms with van der Waals surface area (Å²) in [6, 6.07) is 32.0. The summed E-state index contributed by atoms with van der Waals surface area (Å²) in [5.41, 5.74) is 3.27. The van der Waals surface area contributed by atoms with Gasteiger partial charge in [0.25, 0.3) is 0 Å². The molecule has 0 radical (unpaired) electrons. The molecule has 216 valence electrons. The molecule has 4 aromatic carbocycles. The fraction of sp³-hybridized carbons (Fsp3) is 0.229. The van der Waals surface area contributed by atoms with Crippen LogP contribution in [0.25, 0.3) is 0 Å². The second-order valence-electron chi connectivity index (χ2n) is 10.4. The highest BCUT2D eigenvalue weighted by Gasteiger charge is 2.22. The van der Waals surface area contributed by atoms with Crippen molar-refractivity contribution < 1.29 is 24.2 Å². The van der Waals surface area contributed by atoms with Crippen LogP contribution in [0.1, 0.15) is 40.9 Å². The third-order valence-electron chi connectivity index (χ3n) is 6.85. The van der Waals surface area contributed by atoms with Gasteiger partial charge in [0.15, 0.2) is 5.78 Å². The number of amides is 1. The molecule has 0 aliphatic rings. The molecule has 7 heteroatoms. The zero-order chi connectivity index (χ0) is 29.9. The Morgan fingerprint density at radius 3 is 2.05 bits per heavy atom. The van der Waals surface area contributed by atoms with Crippen LogP contribution in [0.3, 0.4) is 0 Å². The van der Waals surface area contributed by atoms with E-state index in [0.717, 1.165) is 11.1 Å². The van der Waals surface area contributed by atoms with Crippen molar-refractivity contribution in [3.63, 3.8) is 0 Å². The van der Waals surface area contributed by atoms with Gasteiger partial charge in [-0.2, -0.15) is 0 Å². The topological polar surface area (TPSA) is 95.9 Å². The van der Waals surface area contributed by atoms with Crippen LogP contribution < -0.4 is 10.1 Å². The van der Waals surface area contributed by atoms with E-state index in [0.29, 0.717) is 42.3 Å². The van der Waals surface area contributed by atoms with Crippen molar-refractivity contribution in [3.05, 3.63) is 131 Å². The Labute approximate surface area is 246 Å². The van der Waals surface area contributed by atoms with E-state index in [1.807, 2.05) is 62.4 Å². The minimum atomic E-state index is -1.02. The molecule has 0 saturated carbocycles. The van der Waals surface area contributed by atoms with Gasteiger partial charge in [0.05, 0.1) is 6.54 Å². The van der Waals surface area contributed by atoms with Crippen LogP contribution in [0, 0.1) is 5.92 Å². The summed E-state index contributed by atoms with van der Waals surface area (Å²) >= 11 is 0. The van der Waals surface area contributed by atoms with Gasteiger partial charge in [-0.05, 0) is 35.4 Å². The number of nitrogens with one attached hydrogen (secondary N) is 1. The van der Waals surface area contributed by atoms with Crippen molar-refractivity contribution in [2.45, 2.75) is 32.9 Å². The van der Waals surface area contributed by atoms with Gasteiger partial charge in [0.2, 0.25) is 5.91 Å². The monoisotopic (exact) mass is 564 g/mol. The van der Waals surface area contributed by atoms with Crippen molar-refractivity contribution in [2.24, 2.45) is 5.92 Å². The number of nitrogens with zero attached hydrogens (tertiary/aromatic N) is 1. The number of para-hydroxylation sites is 1. The zero-order valence-electron chi connectivity index (χ0n) is 23.9. The first-order valence-corrected chi connectivity index (χ1v) is 14.0. The van der Waals surface area contributed by atoms with Gasteiger partial charge in [0.1, 0.15) is 18.4 Å². The van der Waals surface area contributed by atoms with Crippen molar-refractivity contribution in [3.8, 4) is 5.75 Å². The predicted octanol–water partition coefficient (Wildman–Crippen LogP) is 6.09. The number of carbonyl (C=O) groups excluding carboxylic acids is 2. The number of carbonyl (C=O) groups is 3. The number of aliphatic carboxylic acids is 1. The third kappa shape index (κ3) is 8.30. The second kappa shape index (κ2) is 14.6. The number of ketones is 1. The number of carboxylic acids is 1. The average molecular weight is 565 g/mol. The molecule has 0 saturated heterocycles. The Balaban J connectivity index is 1.37. The number of hydrogen-bond acceptors (Lipinski definition) is 5. The molecule has 0 aliphatic heterocycles. The molecule has 0 bridgehead atoms. The van der Waals surface area contributed by atoms with Gasteiger partial charge in [-0.1, -0.05) is 98.8 Å². The molecule has 0 fully saturated rings. The lowest BCUT2D eigenvalue weighted by Gasteiger charge is -2.25. The summed E-state index contributed by atoms with van der Waals surface area (Å²) in [4.78, 5) is 39.8. The van der Waals surface area contributed by atoms with E-state index in [1.54, 1.807) is 65.6 Å². The van der Waals surface area contributed by atoms with E-state index in [1.165, 1.54) is 0 Å². The van der Waals surface area contributed by atoms with E-state index in [9.17, 15) is 19.5 Å². The second-order valence-corrected chi connectivity index (χ2v) is 10.4. The fourth-order valence-corrected chi connectivity index (χ4v) is 4.61. The van der Waals surface area contributed by atoms with Crippen LogP contribution in [0.5, 0.6) is 5.75 Å². The lowest BCUT2D eigenvalue weighted by molar-refractivity contribution is -0.138. The maximum absolute atomic E-state index is 13.1. The largest absolute Gasteiger partial charge is 0.492 e. The van der Waals surface area contributed by atoms with Crippen molar-refractivity contribution in [2.75, 3.05) is 18.5 Å². The number of benzene rings is 4. The van der Waals surface area contributed by atoms with Crippen molar-refractivity contribution >= 4 is 23.3 Å². The number of ether oxygens (including phenoxy) is 1. The SMILES string of the molecule is CC(C)C(=O)N(CCOc1ccc(C[C@H](Nc2ccccc2C(=O)c2ccccc2)C(=O)O)cc1)Cc1ccccc1. The first kappa shape index (κ1) is 30.1. The van der Waals surface area contributed by atoms with Crippen molar-refractivity contribution in [1.82, 2.24) is 4.90 Å². The third-order valence-corrected chi connectivity index (χ3v) is 6.85. The maximum atomic E-state index is 13.1. The summed E-state index contributed by atoms with van der Waals surface area (Å²) in [5.74, 6) is -0.620. The maximum Gasteiger partial charge on any atom is 0.326 e. The highest BCUT2D eigenvalue weighted by Crippen LogP contribution is 2.22. The lowest BCUT2D eigenvalue weighted by Crippen LogP contribution is -2.36. The number of hydrogen-bond donors (Lipinski definition) is 2. The zero-order valence-corrected chi connectivity index (χ0v) is 23.9. The molecule has 0 unspecified atom stereocenters. The Morgan fingerprint density at radius 2 is 1.40 bits per heavy atom. The molecule has 0 aliphatic carbocycles. The van der Waals surface area contributed by atoms with Crippen LogP contribution in [0.4, 0.5) is 5.69 Å². The Kier molecular flexibility index (Phi) is 10.5. The minimum Gasteiger partial charge on any atom is -0.492 e. The van der Waals surface area contributed by atoms with Gasteiger partial charge in [-0.25, -0.2) is 4.79 Å². The molecule has 1 amide bonds. The molecule has 0 aromatic heterocycles. The summed E-state index contributed by atoms with van der Waals surface area (Å²) in [6.45, 7) is 5.07. The van der Waals surface area contributed by atoms with Crippen LogP contribution in [0.2, 0.25) is 0 Å². The Bertz CT molecular complexity index is 1470. The quantitative estimate of drug-likeness (QED) is 0.180. The van der Waals surface area contributed by atoms with E-state index < -0.39 is 12.0 Å². The summed E-state index contributed by atoms with van der Waals surface area (Å²) in [6.07, 6.45) is 0.206. The molecule has 2 N–H and O–H groups in total. The van der Waals surface area contributed by atoms with Gasteiger partial charge in [-0.15, -0.1) is 0 Å². The first-order chi connectivity index (χ1) is 20.3. The molecular weight excluding hydrogens is 528 g/mol. The van der Waals surface area contributed by atoms with E-state index >= 15 is 0 Å². The first-order valence-electron chi connectivity index (χ1n) is 14.0.